The fourth-order valence-electron chi connectivity index (χ4n) is 2.79. The van der Waals surface area contributed by atoms with Crippen LogP contribution in [0.1, 0.15) is 39.0 Å². The summed E-state index contributed by atoms with van der Waals surface area (Å²) in [6.45, 7) is 8.35. The number of aromatic nitrogens is 1. The van der Waals surface area contributed by atoms with Crippen LogP contribution >= 0.6 is 0 Å². The van der Waals surface area contributed by atoms with Crippen molar-refractivity contribution in [2.75, 3.05) is 12.3 Å². The van der Waals surface area contributed by atoms with Gasteiger partial charge in [0.25, 0.3) is 0 Å². The van der Waals surface area contributed by atoms with E-state index in [0.29, 0.717) is 35.5 Å². The number of nitrogens with zero attached hydrogens (tertiary/aromatic N) is 2. The number of rotatable bonds is 5. The van der Waals surface area contributed by atoms with Crippen molar-refractivity contribution in [3.05, 3.63) is 47.8 Å². The second-order valence-electron chi connectivity index (χ2n) is 7.60. The molecule has 0 bridgehead atoms. The molecule has 140 valence electrons. The van der Waals surface area contributed by atoms with Crippen LogP contribution < -0.4 is 15.9 Å². The molecule has 0 saturated carbocycles. The van der Waals surface area contributed by atoms with E-state index in [9.17, 15) is 5.26 Å². The maximum atomic E-state index is 9.44. The van der Waals surface area contributed by atoms with Crippen molar-refractivity contribution < 1.29 is 14.0 Å². The summed E-state index contributed by atoms with van der Waals surface area (Å²) in [5.74, 6) is 0.453. The van der Waals surface area contributed by atoms with E-state index in [1.54, 1.807) is 18.3 Å². The van der Waals surface area contributed by atoms with Gasteiger partial charge in [0.1, 0.15) is 11.8 Å². The molecular weight excluding hydrogens is 341 g/mol. The SMILES string of the molecule is CC1(C)OB(c2cc(C#N)c(N)c(OCCc3ccccn3)c2)OC1(C)C. The fraction of sp³-hybridized carbons (Fsp3) is 0.400. The molecule has 1 aromatic carbocycles. The molecule has 0 radical (unpaired) electrons. The lowest BCUT2D eigenvalue weighted by Gasteiger charge is -2.32. The van der Waals surface area contributed by atoms with E-state index in [4.69, 9.17) is 19.8 Å². The molecule has 0 atom stereocenters. The lowest BCUT2D eigenvalue weighted by Crippen LogP contribution is -2.41. The smallest absolute Gasteiger partial charge is 0.491 e. The van der Waals surface area contributed by atoms with Gasteiger partial charge >= 0.3 is 7.12 Å². The summed E-state index contributed by atoms with van der Waals surface area (Å²) >= 11 is 0. The predicted molar refractivity (Wildman–Crippen MR) is 105 cm³/mol. The number of nitrogens with two attached hydrogens (primary N) is 1. The first kappa shape index (κ1) is 19.2. The summed E-state index contributed by atoms with van der Waals surface area (Å²) in [6.07, 6.45) is 2.39. The molecule has 1 aromatic heterocycles. The third-order valence-electron chi connectivity index (χ3n) is 5.15. The lowest BCUT2D eigenvalue weighted by atomic mass is 9.78. The second kappa shape index (κ2) is 7.22. The molecule has 2 N–H and O–H groups in total. The summed E-state index contributed by atoms with van der Waals surface area (Å²) in [4.78, 5) is 4.27. The van der Waals surface area contributed by atoms with Crippen molar-refractivity contribution in [3.63, 3.8) is 0 Å². The van der Waals surface area contributed by atoms with Gasteiger partial charge in [0.05, 0.1) is 29.1 Å². The molecule has 3 rings (SSSR count). The van der Waals surface area contributed by atoms with Gasteiger partial charge in [-0.25, -0.2) is 0 Å². The van der Waals surface area contributed by atoms with E-state index in [1.807, 2.05) is 45.9 Å². The molecule has 0 unspecified atom stereocenters. The number of anilines is 1. The Balaban J connectivity index is 1.81. The number of pyridine rings is 1. The van der Waals surface area contributed by atoms with Gasteiger partial charge in [-0.1, -0.05) is 6.07 Å². The Morgan fingerprint density at radius 2 is 1.89 bits per heavy atom. The molecular formula is C20H24BN3O3. The molecule has 2 heterocycles. The van der Waals surface area contributed by atoms with E-state index in [-0.39, 0.29) is 0 Å². The van der Waals surface area contributed by atoms with Crippen molar-refractivity contribution >= 4 is 18.3 Å². The van der Waals surface area contributed by atoms with Gasteiger partial charge in [-0.3, -0.25) is 4.98 Å². The minimum Gasteiger partial charge on any atom is -0.491 e. The van der Waals surface area contributed by atoms with Gasteiger partial charge in [-0.2, -0.15) is 5.26 Å². The number of hydrogen-bond acceptors (Lipinski definition) is 6. The molecule has 2 aromatic rings. The average molecular weight is 365 g/mol. The largest absolute Gasteiger partial charge is 0.495 e. The van der Waals surface area contributed by atoms with Gasteiger partial charge in [-0.05, 0) is 57.4 Å². The summed E-state index contributed by atoms with van der Waals surface area (Å²) in [7, 11) is -0.583. The van der Waals surface area contributed by atoms with E-state index < -0.39 is 18.3 Å². The zero-order valence-corrected chi connectivity index (χ0v) is 16.2. The minimum absolute atomic E-state index is 0.318. The van der Waals surface area contributed by atoms with Crippen molar-refractivity contribution in [2.45, 2.75) is 45.3 Å². The Morgan fingerprint density at radius 3 is 2.48 bits per heavy atom. The molecule has 1 saturated heterocycles. The summed E-state index contributed by atoms with van der Waals surface area (Å²) < 4.78 is 18.0. The number of nitrogen functional groups attached to an aromatic ring is 1. The van der Waals surface area contributed by atoms with Crippen LogP contribution in [0.5, 0.6) is 5.75 Å². The van der Waals surface area contributed by atoms with Crippen molar-refractivity contribution in [2.24, 2.45) is 0 Å². The Morgan fingerprint density at radius 1 is 1.19 bits per heavy atom. The van der Waals surface area contributed by atoms with E-state index in [1.165, 1.54) is 0 Å². The Hall–Kier alpha value is -2.56. The highest BCUT2D eigenvalue weighted by atomic mass is 16.7. The Kier molecular flexibility index (Phi) is 5.14. The second-order valence-corrected chi connectivity index (χ2v) is 7.60. The van der Waals surface area contributed by atoms with Gasteiger partial charge < -0.3 is 19.8 Å². The van der Waals surface area contributed by atoms with Crippen LogP contribution in [-0.2, 0) is 15.7 Å². The van der Waals surface area contributed by atoms with Gasteiger partial charge in [0, 0.05) is 18.3 Å². The normalized spacial score (nSPS) is 17.5. The molecule has 1 fully saturated rings. The maximum Gasteiger partial charge on any atom is 0.495 e. The molecule has 0 aliphatic carbocycles. The third-order valence-corrected chi connectivity index (χ3v) is 5.15. The van der Waals surface area contributed by atoms with E-state index >= 15 is 0 Å². The third kappa shape index (κ3) is 3.92. The summed E-state index contributed by atoms with van der Waals surface area (Å²) in [6, 6.07) is 11.3. The van der Waals surface area contributed by atoms with Crippen LogP contribution in [-0.4, -0.2) is 29.9 Å². The van der Waals surface area contributed by atoms with Crippen LogP contribution in [0, 0.1) is 11.3 Å². The average Bonchev–Trinajstić information content (AvgIpc) is 2.85. The van der Waals surface area contributed by atoms with Crippen LogP contribution in [0.2, 0.25) is 0 Å². The first-order valence-corrected chi connectivity index (χ1v) is 8.95. The van der Waals surface area contributed by atoms with Crippen LogP contribution in [0.4, 0.5) is 5.69 Å². The van der Waals surface area contributed by atoms with Crippen LogP contribution in [0.25, 0.3) is 0 Å². The van der Waals surface area contributed by atoms with E-state index in [2.05, 4.69) is 11.1 Å². The first-order valence-electron chi connectivity index (χ1n) is 8.95. The highest BCUT2D eigenvalue weighted by molar-refractivity contribution is 6.62. The standard InChI is InChI=1S/C20H24BN3O3/c1-19(2)20(3,4)27-21(26-19)15-11-14(13-22)18(23)17(12-15)25-10-8-16-7-5-6-9-24-16/h5-7,9,11-12H,8,10,23H2,1-4H3. The zero-order valence-electron chi connectivity index (χ0n) is 16.2. The molecule has 27 heavy (non-hydrogen) atoms. The highest BCUT2D eigenvalue weighted by Crippen LogP contribution is 2.37. The van der Waals surface area contributed by atoms with Crippen molar-refractivity contribution in [3.8, 4) is 11.8 Å². The molecule has 0 spiro atoms. The van der Waals surface area contributed by atoms with Crippen molar-refractivity contribution in [1.29, 1.82) is 5.26 Å². The van der Waals surface area contributed by atoms with Crippen LogP contribution in [0.3, 0.4) is 0 Å². The zero-order chi connectivity index (χ0) is 19.7. The summed E-state index contributed by atoms with van der Waals surface area (Å²) in [5, 5.41) is 9.44. The number of benzene rings is 1. The van der Waals surface area contributed by atoms with Crippen molar-refractivity contribution in [1.82, 2.24) is 4.98 Å². The minimum atomic E-state index is -0.583. The fourth-order valence-corrected chi connectivity index (χ4v) is 2.79. The highest BCUT2D eigenvalue weighted by Gasteiger charge is 2.51. The van der Waals surface area contributed by atoms with E-state index in [0.717, 1.165) is 5.69 Å². The Labute approximate surface area is 160 Å². The van der Waals surface area contributed by atoms with Crippen LogP contribution in [0.15, 0.2) is 36.5 Å². The van der Waals surface area contributed by atoms with Gasteiger partial charge in [0.2, 0.25) is 0 Å². The molecule has 6 nitrogen and oxygen atoms in total. The molecule has 7 heteroatoms. The monoisotopic (exact) mass is 365 g/mol. The first-order chi connectivity index (χ1) is 12.7. The number of nitriles is 1. The molecule has 1 aliphatic rings. The number of ether oxygens (including phenoxy) is 1. The quantitative estimate of drug-likeness (QED) is 0.647. The topological polar surface area (TPSA) is 90.4 Å². The lowest BCUT2D eigenvalue weighted by molar-refractivity contribution is 0.00578. The molecule has 1 aliphatic heterocycles. The maximum absolute atomic E-state index is 9.44. The predicted octanol–water partition coefficient (Wildman–Crippen LogP) is 2.46. The molecule has 0 amide bonds. The Bertz CT molecular complexity index is 847. The number of hydrogen-bond donors (Lipinski definition) is 1. The van der Waals surface area contributed by atoms with Gasteiger partial charge in [0.15, 0.2) is 0 Å². The summed E-state index contributed by atoms with van der Waals surface area (Å²) in [5.41, 5.74) is 7.48. The van der Waals surface area contributed by atoms with Gasteiger partial charge in [-0.15, -0.1) is 0 Å².